The van der Waals surface area contributed by atoms with Crippen molar-refractivity contribution in [1.82, 2.24) is 14.7 Å². The quantitative estimate of drug-likeness (QED) is 0.657. The molecule has 0 amide bonds. The van der Waals surface area contributed by atoms with E-state index in [9.17, 15) is 0 Å². The first-order valence-electron chi connectivity index (χ1n) is 11.4. The van der Waals surface area contributed by atoms with Crippen molar-refractivity contribution < 1.29 is 4.74 Å². The Bertz CT molecular complexity index is 445. The third-order valence-corrected chi connectivity index (χ3v) is 6.92. The first-order valence-corrected chi connectivity index (χ1v) is 11.4. The lowest BCUT2D eigenvalue weighted by atomic mass is 10.0. The second-order valence-corrected chi connectivity index (χ2v) is 11.4. The van der Waals surface area contributed by atoms with Crippen molar-refractivity contribution in [2.45, 2.75) is 71.9 Å². The van der Waals surface area contributed by atoms with Gasteiger partial charge in [0, 0.05) is 64.5 Å². The van der Waals surface area contributed by atoms with E-state index >= 15 is 0 Å². The molecule has 0 aromatic rings. The third kappa shape index (κ3) is 6.42. The molecule has 0 aromatic carbocycles. The molecule has 3 fully saturated rings. The summed E-state index contributed by atoms with van der Waals surface area (Å²) in [4.78, 5) is 8.10. The van der Waals surface area contributed by atoms with E-state index in [0.29, 0.717) is 5.54 Å². The summed E-state index contributed by atoms with van der Waals surface area (Å²) in [6.45, 7) is 24.7. The predicted molar refractivity (Wildman–Crippen MR) is 114 cm³/mol. The van der Waals surface area contributed by atoms with Crippen LogP contribution in [-0.4, -0.2) is 84.8 Å². The smallest absolute Gasteiger partial charge is 0.0598 e. The van der Waals surface area contributed by atoms with Gasteiger partial charge in [-0.3, -0.25) is 4.90 Å². The molecule has 2 heterocycles. The van der Waals surface area contributed by atoms with Crippen molar-refractivity contribution in [2.24, 2.45) is 17.8 Å². The number of hydrogen-bond acceptors (Lipinski definition) is 4. The van der Waals surface area contributed by atoms with E-state index in [4.69, 9.17) is 4.74 Å². The fourth-order valence-corrected chi connectivity index (χ4v) is 5.49. The molecule has 2 saturated heterocycles. The number of likely N-dealkylation sites (tertiary alicyclic amines) is 1. The zero-order valence-electron chi connectivity index (χ0n) is 19.0. The van der Waals surface area contributed by atoms with Crippen LogP contribution in [0.2, 0.25) is 0 Å². The maximum absolute atomic E-state index is 5.88. The minimum atomic E-state index is 0.00705. The highest BCUT2D eigenvalue weighted by Crippen LogP contribution is 2.41. The molecule has 1 aliphatic carbocycles. The summed E-state index contributed by atoms with van der Waals surface area (Å²) in [6.07, 6.45) is 4.12. The molecule has 0 spiro atoms. The minimum absolute atomic E-state index is 0.00705. The van der Waals surface area contributed by atoms with E-state index in [1.807, 2.05) is 0 Å². The lowest BCUT2D eigenvalue weighted by Gasteiger charge is -2.43. The van der Waals surface area contributed by atoms with Crippen LogP contribution in [0.25, 0.3) is 0 Å². The van der Waals surface area contributed by atoms with Crippen LogP contribution >= 0.6 is 0 Å². The van der Waals surface area contributed by atoms with Crippen LogP contribution in [0.3, 0.4) is 0 Å². The lowest BCUT2D eigenvalue weighted by molar-refractivity contribution is -0.00657. The van der Waals surface area contributed by atoms with Crippen molar-refractivity contribution >= 4 is 0 Å². The standard InChI is InChI=1S/C23H45N3O/c1-22(2,3)26-11-9-24(10-12-26)16-19-14-20-17-25(18-21(20)15-19)8-7-13-27-23(4,5)6/h19-21H,7-18H2,1-6H3. The Labute approximate surface area is 168 Å². The Morgan fingerprint density at radius 3 is 1.93 bits per heavy atom. The molecule has 3 rings (SSSR count). The van der Waals surface area contributed by atoms with E-state index in [1.165, 1.54) is 71.6 Å². The predicted octanol–water partition coefficient (Wildman–Crippen LogP) is 3.57. The van der Waals surface area contributed by atoms with Gasteiger partial charge in [0.15, 0.2) is 0 Å². The Hall–Kier alpha value is -0.160. The van der Waals surface area contributed by atoms with Gasteiger partial charge < -0.3 is 14.5 Å². The van der Waals surface area contributed by atoms with Gasteiger partial charge in [-0.15, -0.1) is 0 Å². The van der Waals surface area contributed by atoms with E-state index in [0.717, 1.165) is 24.4 Å². The van der Waals surface area contributed by atoms with Crippen LogP contribution in [0.5, 0.6) is 0 Å². The van der Waals surface area contributed by atoms with Crippen molar-refractivity contribution in [3.63, 3.8) is 0 Å². The summed E-state index contributed by atoms with van der Waals surface area (Å²) in [7, 11) is 0. The Morgan fingerprint density at radius 2 is 1.41 bits per heavy atom. The summed E-state index contributed by atoms with van der Waals surface area (Å²) >= 11 is 0. The van der Waals surface area contributed by atoms with Crippen molar-refractivity contribution in [3.05, 3.63) is 0 Å². The topological polar surface area (TPSA) is 19.0 Å². The molecule has 0 bridgehead atoms. The molecular formula is C23H45N3O. The zero-order valence-corrected chi connectivity index (χ0v) is 19.0. The van der Waals surface area contributed by atoms with Gasteiger partial charge in [0.2, 0.25) is 0 Å². The highest BCUT2D eigenvalue weighted by Gasteiger charge is 2.41. The van der Waals surface area contributed by atoms with Gasteiger partial charge in [0.1, 0.15) is 0 Å². The lowest BCUT2D eigenvalue weighted by Crippen LogP contribution is -2.54. The molecule has 4 nitrogen and oxygen atoms in total. The monoisotopic (exact) mass is 379 g/mol. The molecule has 4 heteroatoms. The van der Waals surface area contributed by atoms with Crippen LogP contribution < -0.4 is 0 Å². The fourth-order valence-electron chi connectivity index (χ4n) is 5.49. The van der Waals surface area contributed by atoms with Crippen LogP contribution in [-0.2, 0) is 4.74 Å². The van der Waals surface area contributed by atoms with Gasteiger partial charge >= 0.3 is 0 Å². The summed E-state index contributed by atoms with van der Waals surface area (Å²) < 4.78 is 5.88. The summed E-state index contributed by atoms with van der Waals surface area (Å²) in [6, 6.07) is 0. The van der Waals surface area contributed by atoms with Gasteiger partial charge in [0.25, 0.3) is 0 Å². The zero-order chi connectivity index (χ0) is 19.7. The Balaban J connectivity index is 1.31. The molecule has 158 valence electrons. The molecule has 3 aliphatic rings. The largest absolute Gasteiger partial charge is 0.376 e. The third-order valence-electron chi connectivity index (χ3n) is 6.92. The van der Waals surface area contributed by atoms with Gasteiger partial charge in [-0.05, 0) is 78.6 Å². The molecule has 0 N–H and O–H groups in total. The molecule has 0 aromatic heterocycles. The summed E-state index contributed by atoms with van der Waals surface area (Å²) in [5.74, 6) is 2.89. The van der Waals surface area contributed by atoms with Crippen molar-refractivity contribution in [2.75, 3.05) is 59.0 Å². The summed E-state index contributed by atoms with van der Waals surface area (Å²) in [5.41, 5.74) is 0.338. The maximum atomic E-state index is 5.88. The first kappa shape index (κ1) is 21.5. The SMILES string of the molecule is CC(C)(C)OCCCN1CC2CC(CN3CCN(C(C)(C)C)CC3)CC2C1. The van der Waals surface area contributed by atoms with E-state index in [-0.39, 0.29) is 5.60 Å². The van der Waals surface area contributed by atoms with Crippen molar-refractivity contribution in [3.8, 4) is 0 Å². The van der Waals surface area contributed by atoms with Crippen LogP contribution in [0.4, 0.5) is 0 Å². The molecule has 0 radical (unpaired) electrons. The van der Waals surface area contributed by atoms with E-state index in [2.05, 4.69) is 56.2 Å². The van der Waals surface area contributed by atoms with E-state index in [1.54, 1.807) is 0 Å². The number of hydrogen-bond donors (Lipinski definition) is 0. The van der Waals surface area contributed by atoms with Crippen molar-refractivity contribution in [1.29, 1.82) is 0 Å². The number of fused-ring (bicyclic) bond motifs is 1. The molecule has 1 saturated carbocycles. The number of ether oxygens (including phenoxy) is 1. The second kappa shape index (κ2) is 8.69. The molecular weight excluding hydrogens is 334 g/mol. The second-order valence-electron chi connectivity index (χ2n) is 11.4. The number of rotatable bonds is 6. The summed E-state index contributed by atoms with van der Waals surface area (Å²) in [5, 5.41) is 0. The van der Waals surface area contributed by atoms with Gasteiger partial charge in [-0.25, -0.2) is 0 Å². The number of piperazine rings is 1. The van der Waals surface area contributed by atoms with Gasteiger partial charge in [-0.2, -0.15) is 0 Å². The highest BCUT2D eigenvalue weighted by atomic mass is 16.5. The first-order chi connectivity index (χ1) is 12.6. The van der Waals surface area contributed by atoms with Crippen LogP contribution in [0.15, 0.2) is 0 Å². The van der Waals surface area contributed by atoms with Crippen LogP contribution in [0.1, 0.15) is 60.8 Å². The molecule has 2 unspecified atom stereocenters. The molecule has 27 heavy (non-hydrogen) atoms. The molecule has 2 aliphatic heterocycles. The van der Waals surface area contributed by atoms with E-state index < -0.39 is 0 Å². The highest BCUT2D eigenvalue weighted by molar-refractivity contribution is 4.93. The number of nitrogens with zero attached hydrogens (tertiary/aromatic N) is 3. The minimum Gasteiger partial charge on any atom is -0.376 e. The average Bonchev–Trinajstić information content (AvgIpc) is 3.08. The van der Waals surface area contributed by atoms with Gasteiger partial charge in [-0.1, -0.05) is 0 Å². The normalized spacial score (nSPS) is 31.6. The molecule has 2 atom stereocenters. The maximum Gasteiger partial charge on any atom is 0.0598 e. The van der Waals surface area contributed by atoms with Gasteiger partial charge in [0.05, 0.1) is 5.60 Å². The Morgan fingerprint density at radius 1 is 0.815 bits per heavy atom. The fraction of sp³-hybridized carbons (Fsp3) is 1.00. The Kier molecular flexibility index (Phi) is 6.93. The average molecular weight is 380 g/mol. The van der Waals surface area contributed by atoms with Crippen LogP contribution in [0, 0.1) is 17.8 Å².